The highest BCUT2D eigenvalue weighted by Crippen LogP contribution is 2.42. The number of methoxy groups -OCH3 is 1. The molecule has 3 N–H and O–H groups in total. The number of nitrogens with one attached hydrogen (secondary N) is 2. The molecule has 0 spiro atoms. The zero-order valence-electron chi connectivity index (χ0n) is 40.2. The summed E-state index contributed by atoms with van der Waals surface area (Å²) in [6.45, 7) is 10.8. The first kappa shape index (κ1) is 46.0. The van der Waals surface area contributed by atoms with Crippen LogP contribution in [-0.2, 0) is 35.4 Å². The van der Waals surface area contributed by atoms with E-state index in [1.165, 1.54) is 28.8 Å². The highest BCUT2D eigenvalue weighted by Gasteiger charge is 2.41. The van der Waals surface area contributed by atoms with Gasteiger partial charge in [0.2, 0.25) is 17.7 Å². The van der Waals surface area contributed by atoms with Gasteiger partial charge in [-0.3, -0.25) is 34.3 Å². The molecule has 0 radical (unpaired) electrons. The van der Waals surface area contributed by atoms with E-state index < -0.39 is 18.1 Å². The lowest BCUT2D eigenvalue weighted by molar-refractivity contribution is -0.136. The van der Waals surface area contributed by atoms with Gasteiger partial charge in [0.05, 0.1) is 30.0 Å². The van der Waals surface area contributed by atoms with Crippen LogP contribution in [-0.4, -0.2) is 117 Å². The largest absolute Gasteiger partial charge is 0.480 e. The molecule has 0 saturated carbocycles. The van der Waals surface area contributed by atoms with Crippen molar-refractivity contribution in [1.82, 2.24) is 30.1 Å². The summed E-state index contributed by atoms with van der Waals surface area (Å²) >= 11 is 1.64. The van der Waals surface area contributed by atoms with Crippen LogP contribution < -0.4 is 30.1 Å². The highest BCUT2D eigenvalue weighted by atomic mass is 32.1. The fraction of sp³-hybridized carbons (Fsp3) is 0.453. The van der Waals surface area contributed by atoms with E-state index in [1.807, 2.05) is 36.5 Å². The van der Waals surface area contributed by atoms with Crippen molar-refractivity contribution < 1.29 is 29.0 Å². The number of aliphatic hydroxyl groups is 1. The summed E-state index contributed by atoms with van der Waals surface area (Å²) in [7, 11) is 1.58. The number of pyridine rings is 3. The van der Waals surface area contributed by atoms with Crippen molar-refractivity contribution in [2.75, 3.05) is 59.9 Å². The SMILES string of the molecule is COc1ncc(-c2ccnc(N3CCc4c(sc5c4CCCC5)C3=O)c2[C@@H](C)O)cc1Nc1ccc(N2CCN(C3CCN(c4ccc5c(c4)CN([C@H]4CCC(=O)NC4=O)C5=O)[C@H](C)C3)C[C@@H]2C)cn1. The van der Waals surface area contributed by atoms with Crippen LogP contribution in [0.25, 0.3) is 11.1 Å². The van der Waals surface area contributed by atoms with E-state index >= 15 is 0 Å². The summed E-state index contributed by atoms with van der Waals surface area (Å²) in [4.78, 5) is 79.0. The Balaban J connectivity index is 0.728. The van der Waals surface area contributed by atoms with Crippen LogP contribution in [0.3, 0.4) is 0 Å². The standard InChI is InChI=1S/C53H60N10O6S/c1-30-23-35(16-19-60(30)36-9-11-39-34(24-36)29-63(52(39)67)43-12-14-46(65)58-50(43)66)59-21-22-61(31(2)28-59)37-10-13-45(55-27-37)57-42-25-33(26-56-51(42)69-4)38-15-18-54-49(47(38)32(3)64)62-20-17-41-40-7-5-6-8-44(40)70-48(41)53(62)68/h9-11,13,15,18,24-27,30-32,35,43,64H,5-8,12,14,16-17,19-23,28-29H2,1-4H3,(H,55,57)(H,58,65,66)/t30-,31+,32-,35?,43+/m1/s1. The number of carbonyl (C=O) groups is 4. The molecule has 11 rings (SSSR count). The number of hydrogen-bond donors (Lipinski definition) is 3. The lowest BCUT2D eigenvalue weighted by Crippen LogP contribution is -2.58. The Morgan fingerprint density at radius 3 is 2.41 bits per heavy atom. The van der Waals surface area contributed by atoms with Gasteiger partial charge in [0.15, 0.2) is 0 Å². The molecule has 16 nitrogen and oxygen atoms in total. The van der Waals surface area contributed by atoms with Crippen molar-refractivity contribution in [3.05, 3.63) is 98.6 Å². The molecule has 5 aromatic rings. The molecule has 4 amide bonds. The predicted molar refractivity (Wildman–Crippen MR) is 269 cm³/mol. The maximum Gasteiger partial charge on any atom is 0.269 e. The van der Waals surface area contributed by atoms with E-state index in [0.29, 0.717) is 65.9 Å². The Bertz CT molecular complexity index is 2890. The molecule has 70 heavy (non-hydrogen) atoms. The molecule has 5 aliphatic heterocycles. The molecule has 3 saturated heterocycles. The van der Waals surface area contributed by atoms with Crippen molar-refractivity contribution in [2.24, 2.45) is 0 Å². The second-order valence-corrected chi connectivity index (χ2v) is 20.9. The van der Waals surface area contributed by atoms with Gasteiger partial charge in [-0.05, 0) is 137 Å². The maximum atomic E-state index is 14.1. The highest BCUT2D eigenvalue weighted by molar-refractivity contribution is 7.14. The summed E-state index contributed by atoms with van der Waals surface area (Å²) < 4.78 is 5.70. The van der Waals surface area contributed by atoms with Crippen molar-refractivity contribution in [3.63, 3.8) is 0 Å². The van der Waals surface area contributed by atoms with Gasteiger partial charge in [0.1, 0.15) is 23.4 Å². The molecule has 17 heteroatoms. The van der Waals surface area contributed by atoms with Crippen molar-refractivity contribution >= 4 is 63.7 Å². The number of aryl methyl sites for hydroxylation is 1. The lowest BCUT2D eigenvalue weighted by Gasteiger charge is -2.48. The van der Waals surface area contributed by atoms with E-state index in [9.17, 15) is 24.3 Å². The van der Waals surface area contributed by atoms with E-state index in [-0.39, 0.29) is 30.2 Å². The van der Waals surface area contributed by atoms with Crippen molar-refractivity contribution in [3.8, 4) is 17.0 Å². The number of thiophene rings is 1. The number of ether oxygens (including phenoxy) is 1. The number of aromatic nitrogens is 3. The number of imide groups is 1. The predicted octanol–water partition coefficient (Wildman–Crippen LogP) is 6.82. The fourth-order valence-electron chi connectivity index (χ4n) is 12.0. The molecule has 1 aromatic carbocycles. The zero-order chi connectivity index (χ0) is 48.4. The third kappa shape index (κ3) is 8.34. The van der Waals surface area contributed by atoms with Gasteiger partial charge in [0.25, 0.3) is 11.8 Å². The van der Waals surface area contributed by atoms with E-state index in [0.717, 1.165) is 91.2 Å². The summed E-state index contributed by atoms with van der Waals surface area (Å²) in [6, 6.07) is 14.4. The van der Waals surface area contributed by atoms with Crippen molar-refractivity contribution in [2.45, 2.75) is 115 Å². The number of fused-ring (bicyclic) bond motifs is 4. The molecule has 364 valence electrons. The molecule has 6 aliphatic rings. The average Bonchev–Trinajstić information content (AvgIpc) is 3.91. The number of carbonyl (C=O) groups excluding carboxylic acids is 4. The van der Waals surface area contributed by atoms with Crippen LogP contribution in [0, 0.1) is 0 Å². The zero-order valence-corrected chi connectivity index (χ0v) is 41.1. The number of rotatable bonds is 10. The average molecular weight is 965 g/mol. The third-order valence-electron chi connectivity index (χ3n) is 15.5. The summed E-state index contributed by atoms with van der Waals surface area (Å²) in [5, 5.41) is 17.1. The van der Waals surface area contributed by atoms with Crippen LogP contribution in [0.15, 0.2) is 61.1 Å². The van der Waals surface area contributed by atoms with Gasteiger partial charge in [-0.25, -0.2) is 15.0 Å². The molecule has 9 heterocycles. The Morgan fingerprint density at radius 1 is 0.814 bits per heavy atom. The molecule has 5 atom stereocenters. The van der Waals surface area contributed by atoms with Crippen LogP contribution >= 0.6 is 11.3 Å². The number of hydrogen-bond acceptors (Lipinski definition) is 14. The summed E-state index contributed by atoms with van der Waals surface area (Å²) in [5.74, 6) is 0.641. The van der Waals surface area contributed by atoms with Gasteiger partial charge in [-0.1, -0.05) is 0 Å². The van der Waals surface area contributed by atoms with Gasteiger partial charge in [-0.2, -0.15) is 0 Å². The molecule has 3 fully saturated rings. The third-order valence-corrected chi connectivity index (χ3v) is 16.8. The topological polar surface area (TPSA) is 177 Å². The van der Waals surface area contributed by atoms with E-state index in [1.54, 1.807) is 47.6 Å². The number of amides is 4. The first-order valence-corrected chi connectivity index (χ1v) is 25.7. The van der Waals surface area contributed by atoms with Crippen molar-refractivity contribution in [1.29, 1.82) is 0 Å². The first-order valence-electron chi connectivity index (χ1n) is 24.9. The minimum Gasteiger partial charge on any atom is -0.480 e. The Labute approximate surface area is 412 Å². The maximum absolute atomic E-state index is 14.1. The molecular weight excluding hydrogens is 905 g/mol. The normalized spacial score (nSPS) is 23.2. The number of piperazine rings is 1. The quantitative estimate of drug-likeness (QED) is 0.125. The van der Waals surface area contributed by atoms with Crippen LogP contribution in [0.5, 0.6) is 5.88 Å². The van der Waals surface area contributed by atoms with E-state index in [2.05, 4.69) is 56.3 Å². The second kappa shape index (κ2) is 18.7. The van der Waals surface area contributed by atoms with Gasteiger partial charge in [0, 0.05) is 103 Å². The summed E-state index contributed by atoms with van der Waals surface area (Å²) in [5.41, 5.74) is 8.99. The minimum atomic E-state index is -0.904. The minimum absolute atomic E-state index is 0.0438. The number of benzene rings is 1. The number of aliphatic hydroxyl groups excluding tert-OH is 1. The molecule has 4 aromatic heterocycles. The van der Waals surface area contributed by atoms with Gasteiger partial charge < -0.3 is 29.9 Å². The molecule has 0 bridgehead atoms. The van der Waals surface area contributed by atoms with Gasteiger partial charge >= 0.3 is 0 Å². The number of anilines is 5. The van der Waals surface area contributed by atoms with Gasteiger partial charge in [-0.15, -0.1) is 11.3 Å². The Kier molecular flexibility index (Phi) is 12.3. The van der Waals surface area contributed by atoms with Crippen LogP contribution in [0.1, 0.15) is 113 Å². The first-order chi connectivity index (χ1) is 33.9. The number of nitrogens with zero attached hydrogens (tertiary/aromatic N) is 8. The smallest absolute Gasteiger partial charge is 0.269 e. The summed E-state index contributed by atoms with van der Waals surface area (Å²) in [6.07, 6.45) is 12.3. The molecule has 1 unspecified atom stereocenters. The Hall–Kier alpha value is -6.43. The second-order valence-electron chi connectivity index (χ2n) is 19.8. The number of piperidine rings is 2. The fourth-order valence-corrected chi connectivity index (χ4v) is 13.4. The molecular formula is C53H60N10O6S. The van der Waals surface area contributed by atoms with Crippen LogP contribution in [0.4, 0.5) is 28.7 Å². The molecule has 1 aliphatic carbocycles. The van der Waals surface area contributed by atoms with E-state index in [4.69, 9.17) is 14.7 Å². The van der Waals surface area contributed by atoms with Crippen LogP contribution in [0.2, 0.25) is 0 Å². The Morgan fingerprint density at radius 2 is 1.64 bits per heavy atom. The lowest BCUT2D eigenvalue weighted by atomic mass is 9.91. The monoisotopic (exact) mass is 964 g/mol.